The molecule has 152 valence electrons. The van der Waals surface area contributed by atoms with Crippen LogP contribution in [-0.4, -0.2) is 34.4 Å². The quantitative estimate of drug-likeness (QED) is 0.481. The molecule has 1 amide bonds. The molecule has 4 N–H and O–H groups in total. The zero-order valence-corrected chi connectivity index (χ0v) is 17.7. The van der Waals surface area contributed by atoms with Crippen LogP contribution in [0.3, 0.4) is 0 Å². The number of aliphatic hydroxyl groups excluding tert-OH is 1. The lowest BCUT2D eigenvalue weighted by Crippen LogP contribution is -2.36. The van der Waals surface area contributed by atoms with Gasteiger partial charge in [-0.15, -0.1) is 0 Å². The molecule has 1 atom stereocenters. The average molecular weight is 505 g/mol. The molecule has 2 aromatic carbocycles. The third kappa shape index (κ3) is 5.86. The van der Waals surface area contributed by atoms with Crippen LogP contribution < -0.4 is 10.5 Å². The van der Waals surface area contributed by atoms with E-state index in [0.717, 1.165) is 12.1 Å². The number of amides is 1. The van der Waals surface area contributed by atoms with Crippen molar-refractivity contribution in [2.75, 3.05) is 6.61 Å². The number of halogens is 3. The van der Waals surface area contributed by atoms with Crippen molar-refractivity contribution in [2.45, 2.75) is 38.4 Å². The van der Waals surface area contributed by atoms with Gasteiger partial charge in [-0.25, -0.2) is 8.78 Å². The highest BCUT2D eigenvalue weighted by Gasteiger charge is 2.25. The number of nitrogens with two attached hydrogens (primary N) is 1. The van der Waals surface area contributed by atoms with Gasteiger partial charge in [0.25, 0.3) is 5.91 Å². The Morgan fingerprint density at radius 1 is 1.25 bits per heavy atom. The van der Waals surface area contributed by atoms with Gasteiger partial charge in [0.05, 0.1) is 23.9 Å². The van der Waals surface area contributed by atoms with Gasteiger partial charge in [-0.3, -0.25) is 4.79 Å². The molecule has 0 fully saturated rings. The van der Waals surface area contributed by atoms with Gasteiger partial charge in [0.15, 0.2) is 0 Å². The number of ether oxygens (including phenoxy) is 1. The highest BCUT2D eigenvalue weighted by atomic mass is 127. The largest absolute Gasteiger partial charge is 0.493 e. The lowest BCUT2D eigenvalue weighted by atomic mass is 9.97. The van der Waals surface area contributed by atoms with Gasteiger partial charge >= 0.3 is 0 Å². The van der Waals surface area contributed by atoms with Crippen molar-refractivity contribution in [1.82, 2.24) is 0 Å². The molecule has 28 heavy (non-hydrogen) atoms. The number of aliphatic hydroxyl groups is 2. The zero-order chi connectivity index (χ0) is 21.1. The third-order valence-corrected chi connectivity index (χ3v) is 4.93. The van der Waals surface area contributed by atoms with Gasteiger partial charge in [-0.2, -0.15) is 0 Å². The minimum Gasteiger partial charge on any atom is -0.493 e. The number of hydrogen-bond acceptors (Lipinski definition) is 4. The van der Waals surface area contributed by atoms with Crippen LogP contribution in [0.15, 0.2) is 30.3 Å². The first-order valence-corrected chi connectivity index (χ1v) is 9.66. The first kappa shape index (κ1) is 22.5. The molecule has 0 heterocycles. The molecule has 0 bridgehead atoms. The molecule has 2 aromatic rings. The van der Waals surface area contributed by atoms with Crippen molar-refractivity contribution in [3.8, 4) is 5.75 Å². The van der Waals surface area contributed by atoms with Crippen molar-refractivity contribution in [1.29, 1.82) is 0 Å². The Kier molecular flexibility index (Phi) is 7.35. The Labute approximate surface area is 175 Å². The number of primary amides is 1. The maximum absolute atomic E-state index is 14.2. The molecule has 0 aliphatic heterocycles. The van der Waals surface area contributed by atoms with Gasteiger partial charge in [0, 0.05) is 22.5 Å². The Morgan fingerprint density at radius 2 is 1.93 bits per heavy atom. The second-order valence-electron chi connectivity index (χ2n) is 7.02. The van der Waals surface area contributed by atoms with Crippen LogP contribution in [0.4, 0.5) is 8.78 Å². The summed E-state index contributed by atoms with van der Waals surface area (Å²) in [5.74, 6) is -2.05. The van der Waals surface area contributed by atoms with E-state index in [0.29, 0.717) is 3.57 Å². The molecule has 0 saturated carbocycles. The normalized spacial score (nSPS) is 12.7. The van der Waals surface area contributed by atoms with Gasteiger partial charge in [0.1, 0.15) is 17.4 Å². The molecule has 0 radical (unpaired) electrons. The molecule has 2 rings (SSSR count). The van der Waals surface area contributed by atoms with E-state index in [4.69, 9.17) is 10.5 Å². The molecule has 8 heteroatoms. The van der Waals surface area contributed by atoms with Crippen molar-refractivity contribution in [2.24, 2.45) is 5.73 Å². The molecule has 0 aromatic heterocycles. The number of carbonyl (C=O) groups is 1. The predicted molar refractivity (Wildman–Crippen MR) is 109 cm³/mol. The van der Waals surface area contributed by atoms with Crippen LogP contribution in [0, 0.1) is 15.2 Å². The highest BCUT2D eigenvalue weighted by molar-refractivity contribution is 14.1. The Balaban J connectivity index is 2.30. The van der Waals surface area contributed by atoms with Crippen LogP contribution in [-0.2, 0) is 6.42 Å². The second-order valence-corrected chi connectivity index (χ2v) is 8.27. The number of benzene rings is 2. The van der Waals surface area contributed by atoms with Crippen LogP contribution in [0.5, 0.6) is 5.75 Å². The Bertz CT molecular complexity index is 868. The van der Waals surface area contributed by atoms with Crippen molar-refractivity contribution in [3.05, 3.63) is 62.2 Å². The zero-order valence-electron chi connectivity index (χ0n) is 15.5. The Morgan fingerprint density at radius 3 is 2.50 bits per heavy atom. The molecule has 0 aliphatic carbocycles. The summed E-state index contributed by atoms with van der Waals surface area (Å²) in [6.07, 6.45) is -1.06. The molecule has 0 saturated heterocycles. The van der Waals surface area contributed by atoms with Crippen molar-refractivity contribution >= 4 is 28.5 Å². The highest BCUT2D eigenvalue weighted by Crippen LogP contribution is 2.28. The van der Waals surface area contributed by atoms with Gasteiger partial charge in [-0.1, -0.05) is 6.07 Å². The molecular weight excluding hydrogens is 483 g/mol. The first-order chi connectivity index (χ1) is 13.0. The summed E-state index contributed by atoms with van der Waals surface area (Å²) in [5.41, 5.74) is 4.57. The topological polar surface area (TPSA) is 92.8 Å². The van der Waals surface area contributed by atoms with Gasteiger partial charge in [0.2, 0.25) is 0 Å². The molecule has 5 nitrogen and oxygen atoms in total. The predicted octanol–water partition coefficient (Wildman–Crippen LogP) is 3.16. The molecule has 0 spiro atoms. The summed E-state index contributed by atoms with van der Waals surface area (Å²) in [6.45, 7) is 2.82. The minimum absolute atomic E-state index is 0.0402. The third-order valence-electron chi connectivity index (χ3n) is 4.26. The smallest absolute Gasteiger partial charge is 0.252 e. The monoisotopic (exact) mass is 505 g/mol. The van der Waals surface area contributed by atoms with E-state index in [2.05, 4.69) is 0 Å². The fourth-order valence-electron chi connectivity index (χ4n) is 2.67. The average Bonchev–Trinajstić information content (AvgIpc) is 2.55. The van der Waals surface area contributed by atoms with Crippen LogP contribution >= 0.6 is 22.6 Å². The lowest BCUT2D eigenvalue weighted by molar-refractivity contribution is -0.0557. The minimum atomic E-state index is -1.33. The second kappa shape index (κ2) is 9.15. The summed E-state index contributed by atoms with van der Waals surface area (Å²) in [7, 11) is 0. The molecule has 1 unspecified atom stereocenters. The van der Waals surface area contributed by atoms with Crippen LogP contribution in [0.25, 0.3) is 0 Å². The van der Waals surface area contributed by atoms with E-state index < -0.39 is 29.2 Å². The first-order valence-electron chi connectivity index (χ1n) is 8.58. The van der Waals surface area contributed by atoms with E-state index in [1.807, 2.05) is 22.6 Å². The summed E-state index contributed by atoms with van der Waals surface area (Å²) in [6, 6.07) is 6.75. The van der Waals surface area contributed by atoms with Gasteiger partial charge < -0.3 is 20.7 Å². The van der Waals surface area contributed by atoms with Crippen molar-refractivity contribution in [3.63, 3.8) is 0 Å². The lowest BCUT2D eigenvalue weighted by Gasteiger charge is -2.24. The fraction of sp³-hybridized carbons (Fsp3) is 0.350. The summed E-state index contributed by atoms with van der Waals surface area (Å²) >= 11 is 1.97. The summed E-state index contributed by atoms with van der Waals surface area (Å²) in [5, 5.41) is 19.6. The number of rotatable bonds is 8. The molecule has 0 aliphatic rings. The summed E-state index contributed by atoms with van der Waals surface area (Å²) < 4.78 is 34.4. The fourth-order valence-corrected chi connectivity index (χ4v) is 3.13. The van der Waals surface area contributed by atoms with E-state index in [-0.39, 0.29) is 41.9 Å². The van der Waals surface area contributed by atoms with Crippen LogP contribution in [0.2, 0.25) is 0 Å². The van der Waals surface area contributed by atoms with E-state index in [9.17, 15) is 23.8 Å². The standard InChI is InChI=1S/C20H22F2INO4/c1-20(2,27)17(25)5-6-28-16-9-13(21)8-12(18(16)19(24)26)7-11-3-4-14(23)10-15(11)22/h3-4,8-10,17,25,27H,5-7H2,1-2H3,(H2,24,26). The number of carbonyl (C=O) groups excluding carboxylic acids is 1. The van der Waals surface area contributed by atoms with E-state index in [1.54, 1.807) is 12.1 Å². The van der Waals surface area contributed by atoms with Crippen LogP contribution in [0.1, 0.15) is 41.8 Å². The SMILES string of the molecule is CC(C)(O)C(O)CCOc1cc(F)cc(Cc2ccc(I)cc2F)c1C(N)=O. The summed E-state index contributed by atoms with van der Waals surface area (Å²) in [4.78, 5) is 12.0. The van der Waals surface area contributed by atoms with E-state index in [1.165, 1.54) is 19.9 Å². The van der Waals surface area contributed by atoms with Gasteiger partial charge in [-0.05, 0) is 65.8 Å². The van der Waals surface area contributed by atoms with Crippen molar-refractivity contribution < 1.29 is 28.5 Å². The Hall–Kier alpha value is -1.78. The maximum Gasteiger partial charge on any atom is 0.252 e. The molecular formula is C20H22F2INO4. The number of hydrogen-bond donors (Lipinski definition) is 3. The maximum atomic E-state index is 14.2. The van der Waals surface area contributed by atoms with E-state index >= 15 is 0 Å².